The van der Waals surface area contributed by atoms with E-state index < -0.39 is 0 Å². The summed E-state index contributed by atoms with van der Waals surface area (Å²) >= 11 is 0. The number of hydrogen-bond donors (Lipinski definition) is 1. The average Bonchev–Trinajstić information content (AvgIpc) is 3.03. The number of fused-ring (bicyclic) bond motifs is 1. The summed E-state index contributed by atoms with van der Waals surface area (Å²) in [4.78, 5) is 47.4. The quantitative estimate of drug-likeness (QED) is 0.553. The number of aryl methyl sites for hydroxylation is 2. The summed E-state index contributed by atoms with van der Waals surface area (Å²) in [5.41, 5.74) is -0.514. The second-order valence-corrected chi connectivity index (χ2v) is 5.07. The molecule has 3 aromatic rings. The molecule has 0 aromatic carbocycles. The summed E-state index contributed by atoms with van der Waals surface area (Å²) in [5.74, 6) is 0. The Morgan fingerprint density at radius 1 is 0.826 bits per heavy atom. The second kappa shape index (κ2) is 5.95. The molecule has 3 aromatic heterocycles. The van der Waals surface area contributed by atoms with Crippen LogP contribution >= 0.6 is 0 Å². The van der Waals surface area contributed by atoms with E-state index in [0.717, 1.165) is 9.13 Å². The molecule has 0 saturated heterocycles. The molecule has 0 aliphatic rings. The van der Waals surface area contributed by atoms with E-state index in [2.05, 4.69) is 4.98 Å². The third-order valence-corrected chi connectivity index (χ3v) is 3.55. The SMILES string of the molecule is Cn1c(=O)c2c[nH]cc2n(C)c1=O.Cn1ccc(=O)n(C)c1=O. The minimum Gasteiger partial charge on any atom is -0.365 e. The van der Waals surface area contributed by atoms with Gasteiger partial charge in [-0.15, -0.1) is 0 Å². The number of aromatic amines is 1. The molecule has 0 bridgehead atoms. The van der Waals surface area contributed by atoms with E-state index in [-0.39, 0.29) is 22.5 Å². The van der Waals surface area contributed by atoms with Crippen molar-refractivity contribution in [3.8, 4) is 0 Å². The monoisotopic (exact) mass is 319 g/mol. The van der Waals surface area contributed by atoms with Gasteiger partial charge in [0, 0.05) is 52.8 Å². The van der Waals surface area contributed by atoms with Crippen molar-refractivity contribution in [3.63, 3.8) is 0 Å². The van der Waals surface area contributed by atoms with Crippen molar-refractivity contribution in [2.75, 3.05) is 0 Å². The molecule has 1 N–H and O–H groups in total. The molecule has 3 rings (SSSR count). The lowest BCUT2D eigenvalue weighted by Crippen LogP contribution is -2.36. The fourth-order valence-corrected chi connectivity index (χ4v) is 2.08. The first-order valence-electron chi connectivity index (χ1n) is 6.71. The minimum absolute atomic E-state index is 0.264. The number of H-pyrrole nitrogens is 1. The molecule has 0 radical (unpaired) electrons. The smallest absolute Gasteiger partial charge is 0.330 e. The molecule has 9 nitrogen and oxygen atoms in total. The molecule has 0 atom stereocenters. The minimum atomic E-state index is -0.308. The van der Waals surface area contributed by atoms with Gasteiger partial charge in [0.15, 0.2) is 0 Å². The lowest BCUT2D eigenvalue weighted by molar-refractivity contribution is 0.686. The maximum atomic E-state index is 11.5. The zero-order valence-corrected chi connectivity index (χ0v) is 13.2. The number of hydrogen-bond acceptors (Lipinski definition) is 4. The van der Waals surface area contributed by atoms with Gasteiger partial charge in [0.2, 0.25) is 0 Å². The molecule has 0 aliphatic heterocycles. The first-order valence-corrected chi connectivity index (χ1v) is 6.71. The maximum absolute atomic E-state index is 11.5. The summed E-state index contributed by atoms with van der Waals surface area (Å²) in [5, 5.41) is 0.532. The molecule has 9 heteroatoms. The molecule has 23 heavy (non-hydrogen) atoms. The van der Waals surface area contributed by atoms with Crippen LogP contribution in [-0.4, -0.2) is 23.3 Å². The Kier molecular flexibility index (Phi) is 4.21. The predicted octanol–water partition coefficient (Wildman–Crippen LogP) is -1.35. The van der Waals surface area contributed by atoms with Gasteiger partial charge in [-0.25, -0.2) is 9.59 Å². The van der Waals surface area contributed by atoms with Crippen molar-refractivity contribution in [2.45, 2.75) is 0 Å². The zero-order chi connectivity index (χ0) is 17.3. The first kappa shape index (κ1) is 16.3. The summed E-state index contributed by atoms with van der Waals surface area (Å²) in [6.45, 7) is 0. The Hall–Kier alpha value is -3.10. The summed E-state index contributed by atoms with van der Waals surface area (Å²) < 4.78 is 4.94. The highest BCUT2D eigenvalue weighted by Gasteiger charge is 2.07. The van der Waals surface area contributed by atoms with Crippen LogP contribution in [-0.2, 0) is 28.2 Å². The van der Waals surface area contributed by atoms with Gasteiger partial charge in [0.05, 0.1) is 10.9 Å². The summed E-state index contributed by atoms with van der Waals surface area (Å²) in [6.07, 6.45) is 4.68. The highest BCUT2D eigenvalue weighted by molar-refractivity contribution is 5.77. The van der Waals surface area contributed by atoms with Crippen LogP contribution in [0.2, 0.25) is 0 Å². The zero-order valence-electron chi connectivity index (χ0n) is 13.2. The van der Waals surface area contributed by atoms with E-state index in [1.807, 2.05) is 0 Å². The van der Waals surface area contributed by atoms with Crippen LogP contribution in [0.1, 0.15) is 0 Å². The van der Waals surface area contributed by atoms with Gasteiger partial charge in [-0.1, -0.05) is 0 Å². The number of rotatable bonds is 0. The molecule has 0 unspecified atom stereocenters. The number of nitrogens with zero attached hydrogens (tertiary/aromatic N) is 4. The largest absolute Gasteiger partial charge is 0.365 e. The van der Waals surface area contributed by atoms with Crippen molar-refractivity contribution >= 4 is 10.9 Å². The van der Waals surface area contributed by atoms with Crippen LogP contribution in [0.3, 0.4) is 0 Å². The molecule has 0 amide bonds. The van der Waals surface area contributed by atoms with Crippen LogP contribution in [0.15, 0.2) is 43.8 Å². The first-order chi connectivity index (χ1) is 10.8. The van der Waals surface area contributed by atoms with E-state index in [0.29, 0.717) is 10.9 Å². The Morgan fingerprint density at radius 3 is 2.09 bits per heavy atom. The second-order valence-electron chi connectivity index (χ2n) is 5.07. The van der Waals surface area contributed by atoms with E-state index in [4.69, 9.17) is 0 Å². The molecular weight excluding hydrogens is 302 g/mol. The van der Waals surface area contributed by atoms with E-state index >= 15 is 0 Å². The Bertz CT molecular complexity index is 1090. The molecule has 0 fully saturated rings. The number of nitrogens with one attached hydrogen (secondary N) is 1. The summed E-state index contributed by atoms with van der Waals surface area (Å²) in [6, 6.07) is 1.35. The topological polar surface area (TPSA) is 104 Å². The highest BCUT2D eigenvalue weighted by atomic mass is 16.2. The molecule has 3 heterocycles. The molecule has 0 spiro atoms. The molecule has 122 valence electrons. The van der Waals surface area contributed by atoms with Gasteiger partial charge in [0.1, 0.15) is 0 Å². The lowest BCUT2D eigenvalue weighted by atomic mass is 10.4. The van der Waals surface area contributed by atoms with E-state index in [1.165, 1.54) is 35.5 Å². The van der Waals surface area contributed by atoms with Crippen LogP contribution in [0, 0.1) is 0 Å². The Morgan fingerprint density at radius 2 is 1.48 bits per heavy atom. The van der Waals surface area contributed by atoms with Crippen LogP contribution in [0.4, 0.5) is 0 Å². The third-order valence-electron chi connectivity index (χ3n) is 3.55. The van der Waals surface area contributed by atoms with Crippen molar-refractivity contribution in [3.05, 3.63) is 66.3 Å². The fraction of sp³-hybridized carbons (Fsp3) is 0.286. The summed E-state index contributed by atoms with van der Waals surface area (Å²) in [7, 11) is 6.15. The molecular formula is C14H17N5O4. The van der Waals surface area contributed by atoms with Crippen molar-refractivity contribution in [1.29, 1.82) is 0 Å². The maximum Gasteiger partial charge on any atom is 0.330 e. The van der Waals surface area contributed by atoms with Crippen LogP contribution in [0.5, 0.6) is 0 Å². The van der Waals surface area contributed by atoms with Gasteiger partial charge < -0.3 is 9.55 Å². The van der Waals surface area contributed by atoms with Crippen LogP contribution < -0.4 is 22.5 Å². The van der Waals surface area contributed by atoms with Gasteiger partial charge >= 0.3 is 11.4 Å². The number of aromatic nitrogens is 5. The lowest BCUT2D eigenvalue weighted by Gasteiger charge is -2.01. The predicted molar refractivity (Wildman–Crippen MR) is 85.7 cm³/mol. The molecule has 0 saturated carbocycles. The van der Waals surface area contributed by atoms with Gasteiger partial charge in [-0.3, -0.25) is 23.3 Å². The van der Waals surface area contributed by atoms with Gasteiger partial charge in [0.25, 0.3) is 11.1 Å². The average molecular weight is 319 g/mol. The highest BCUT2D eigenvalue weighted by Crippen LogP contribution is 2.03. The normalized spacial score (nSPS) is 10.4. The van der Waals surface area contributed by atoms with E-state index in [1.54, 1.807) is 26.5 Å². The fourth-order valence-electron chi connectivity index (χ4n) is 2.08. The third kappa shape index (κ3) is 2.80. The van der Waals surface area contributed by atoms with E-state index in [9.17, 15) is 19.2 Å². The van der Waals surface area contributed by atoms with Gasteiger partial charge in [-0.2, -0.15) is 0 Å². The van der Waals surface area contributed by atoms with Crippen molar-refractivity contribution in [2.24, 2.45) is 28.2 Å². The Labute approximate surface area is 129 Å². The van der Waals surface area contributed by atoms with Crippen LogP contribution in [0.25, 0.3) is 10.9 Å². The molecule has 0 aliphatic carbocycles. The van der Waals surface area contributed by atoms with Crippen molar-refractivity contribution < 1.29 is 0 Å². The standard InChI is InChI=1S/C8H9N3O2.C6H8N2O2/c1-10-6-4-9-3-5(6)7(12)11(2)8(10)13;1-7-4-3-5(9)8(2)6(7)10/h3-4,9H,1-2H3;3-4H,1-2H3. The van der Waals surface area contributed by atoms with Gasteiger partial charge in [-0.05, 0) is 0 Å². The Balaban J connectivity index is 0.000000174. The van der Waals surface area contributed by atoms with Crippen molar-refractivity contribution in [1.82, 2.24) is 23.3 Å².